The lowest BCUT2D eigenvalue weighted by atomic mass is 10.00. The fraction of sp³-hybridized carbons (Fsp3) is 0.316. The molecule has 0 bridgehead atoms. The van der Waals surface area contributed by atoms with Crippen LogP contribution in [-0.2, 0) is 26.1 Å². The highest BCUT2D eigenvalue weighted by Gasteiger charge is 2.19. The predicted octanol–water partition coefficient (Wildman–Crippen LogP) is 2.19. The van der Waals surface area contributed by atoms with Crippen LogP contribution in [0.25, 0.3) is 0 Å². The summed E-state index contributed by atoms with van der Waals surface area (Å²) >= 11 is 0. The molecule has 26 heavy (non-hydrogen) atoms. The van der Waals surface area contributed by atoms with Gasteiger partial charge in [-0.3, -0.25) is 14.8 Å². The van der Waals surface area contributed by atoms with Crippen LogP contribution in [0.1, 0.15) is 38.8 Å². The normalized spacial score (nSPS) is 14.2. The number of amides is 1. The molecule has 1 aromatic carbocycles. The molecule has 0 saturated heterocycles. The number of aryl methyl sites for hydroxylation is 1. The molecule has 7 nitrogen and oxygen atoms in total. The van der Waals surface area contributed by atoms with E-state index in [1.807, 2.05) is 13.0 Å². The molecule has 1 amide bonds. The standard InChI is InChI=1S/C19H21N5O2/c1-13-8-16(22-21-13)10-20-19(25)18-9-17(26-23-18)12-24-7-6-14-4-2-3-5-15(14)11-24/h2-5,8-9H,6-7,10-12H2,1H3,(H,20,25)(H,21,22). The molecule has 4 rings (SSSR count). The van der Waals surface area contributed by atoms with Crippen molar-refractivity contribution >= 4 is 5.91 Å². The van der Waals surface area contributed by atoms with E-state index in [-0.39, 0.29) is 5.91 Å². The highest BCUT2D eigenvalue weighted by atomic mass is 16.5. The molecule has 0 spiro atoms. The highest BCUT2D eigenvalue weighted by molar-refractivity contribution is 5.92. The summed E-state index contributed by atoms with van der Waals surface area (Å²) in [5, 5.41) is 13.6. The third-order valence-corrected chi connectivity index (χ3v) is 4.57. The van der Waals surface area contributed by atoms with Crippen molar-refractivity contribution in [2.75, 3.05) is 6.54 Å². The van der Waals surface area contributed by atoms with Crippen molar-refractivity contribution in [2.24, 2.45) is 0 Å². The minimum absolute atomic E-state index is 0.260. The number of rotatable bonds is 5. The first-order valence-corrected chi connectivity index (χ1v) is 8.71. The Hall–Kier alpha value is -2.93. The van der Waals surface area contributed by atoms with Crippen LogP contribution >= 0.6 is 0 Å². The van der Waals surface area contributed by atoms with Crippen molar-refractivity contribution in [1.29, 1.82) is 0 Å². The topological polar surface area (TPSA) is 87.1 Å². The summed E-state index contributed by atoms with van der Waals surface area (Å²) in [5.41, 5.74) is 4.80. The van der Waals surface area contributed by atoms with Crippen LogP contribution in [0.3, 0.4) is 0 Å². The molecular formula is C19H21N5O2. The van der Waals surface area contributed by atoms with E-state index in [1.165, 1.54) is 11.1 Å². The molecule has 0 saturated carbocycles. The van der Waals surface area contributed by atoms with Crippen LogP contribution in [0.2, 0.25) is 0 Å². The largest absolute Gasteiger partial charge is 0.359 e. The van der Waals surface area contributed by atoms with Crippen LogP contribution in [0.15, 0.2) is 40.9 Å². The van der Waals surface area contributed by atoms with Gasteiger partial charge in [0, 0.05) is 24.8 Å². The summed E-state index contributed by atoms with van der Waals surface area (Å²) in [5.74, 6) is 0.440. The molecule has 0 unspecified atom stereocenters. The maximum atomic E-state index is 12.2. The van der Waals surface area contributed by atoms with Gasteiger partial charge in [-0.2, -0.15) is 5.10 Å². The predicted molar refractivity (Wildman–Crippen MR) is 95.3 cm³/mol. The second kappa shape index (κ2) is 7.13. The van der Waals surface area contributed by atoms with Gasteiger partial charge in [0.1, 0.15) is 0 Å². The van der Waals surface area contributed by atoms with Gasteiger partial charge in [-0.25, -0.2) is 0 Å². The average molecular weight is 351 g/mol. The number of hydrogen-bond acceptors (Lipinski definition) is 5. The summed E-state index contributed by atoms with van der Waals surface area (Å²) in [4.78, 5) is 14.5. The lowest BCUT2D eigenvalue weighted by Gasteiger charge is -2.27. The Kier molecular flexibility index (Phi) is 4.53. The first-order chi connectivity index (χ1) is 12.7. The summed E-state index contributed by atoms with van der Waals surface area (Å²) in [6, 6.07) is 12.1. The van der Waals surface area contributed by atoms with Gasteiger partial charge in [0.15, 0.2) is 11.5 Å². The van der Waals surface area contributed by atoms with Crippen molar-refractivity contribution in [2.45, 2.75) is 33.0 Å². The maximum absolute atomic E-state index is 12.2. The number of nitrogens with zero attached hydrogens (tertiary/aromatic N) is 3. The Balaban J connectivity index is 1.34. The molecule has 1 aliphatic heterocycles. The lowest BCUT2D eigenvalue weighted by Crippen LogP contribution is -2.29. The Morgan fingerprint density at radius 3 is 2.96 bits per heavy atom. The molecule has 7 heteroatoms. The number of benzene rings is 1. The molecule has 0 radical (unpaired) electrons. The Bertz CT molecular complexity index is 914. The molecule has 3 heterocycles. The van der Waals surface area contributed by atoms with Gasteiger partial charge in [0.2, 0.25) is 0 Å². The maximum Gasteiger partial charge on any atom is 0.273 e. The summed E-state index contributed by atoms with van der Waals surface area (Å²) < 4.78 is 5.36. The smallest absolute Gasteiger partial charge is 0.273 e. The average Bonchev–Trinajstić information content (AvgIpc) is 3.29. The third kappa shape index (κ3) is 3.67. The monoisotopic (exact) mass is 351 g/mol. The summed E-state index contributed by atoms with van der Waals surface area (Å²) in [6.45, 7) is 4.78. The van der Waals surface area contributed by atoms with Gasteiger partial charge in [-0.1, -0.05) is 29.4 Å². The minimum atomic E-state index is -0.260. The van der Waals surface area contributed by atoms with Gasteiger partial charge < -0.3 is 9.84 Å². The molecule has 3 aromatic rings. The minimum Gasteiger partial charge on any atom is -0.359 e. The number of aromatic amines is 1. The number of hydrogen-bond donors (Lipinski definition) is 2. The van der Waals surface area contributed by atoms with Crippen molar-refractivity contribution in [3.05, 3.63) is 70.4 Å². The highest BCUT2D eigenvalue weighted by Crippen LogP contribution is 2.20. The van der Waals surface area contributed by atoms with E-state index < -0.39 is 0 Å². The van der Waals surface area contributed by atoms with E-state index in [9.17, 15) is 4.79 Å². The SMILES string of the molecule is Cc1cc(CNC(=O)c2cc(CN3CCc4ccccc4C3)on2)n[nH]1. The lowest BCUT2D eigenvalue weighted by molar-refractivity contribution is 0.0941. The fourth-order valence-electron chi connectivity index (χ4n) is 3.23. The Morgan fingerprint density at radius 2 is 2.15 bits per heavy atom. The Labute approximate surface area is 151 Å². The van der Waals surface area contributed by atoms with E-state index in [0.717, 1.165) is 30.9 Å². The van der Waals surface area contributed by atoms with Crippen molar-refractivity contribution < 1.29 is 9.32 Å². The summed E-state index contributed by atoms with van der Waals surface area (Å²) in [7, 11) is 0. The summed E-state index contributed by atoms with van der Waals surface area (Å²) in [6.07, 6.45) is 1.03. The number of carbonyl (C=O) groups excluding carboxylic acids is 1. The van der Waals surface area contributed by atoms with E-state index in [0.29, 0.717) is 24.5 Å². The van der Waals surface area contributed by atoms with E-state index >= 15 is 0 Å². The van der Waals surface area contributed by atoms with Crippen molar-refractivity contribution in [3.8, 4) is 0 Å². The van der Waals surface area contributed by atoms with Crippen LogP contribution < -0.4 is 5.32 Å². The first kappa shape index (κ1) is 16.5. The molecule has 2 N–H and O–H groups in total. The first-order valence-electron chi connectivity index (χ1n) is 8.71. The van der Waals surface area contributed by atoms with Gasteiger partial charge in [0.05, 0.1) is 18.8 Å². The number of fused-ring (bicyclic) bond motifs is 1. The second-order valence-corrected chi connectivity index (χ2v) is 6.63. The zero-order valence-corrected chi connectivity index (χ0v) is 14.7. The van der Waals surface area contributed by atoms with E-state index in [1.54, 1.807) is 6.07 Å². The van der Waals surface area contributed by atoms with Crippen LogP contribution in [-0.4, -0.2) is 32.7 Å². The number of H-pyrrole nitrogens is 1. The number of aromatic nitrogens is 3. The van der Waals surface area contributed by atoms with E-state index in [2.05, 4.69) is 49.8 Å². The third-order valence-electron chi connectivity index (χ3n) is 4.57. The zero-order chi connectivity index (χ0) is 17.9. The van der Waals surface area contributed by atoms with Gasteiger partial charge in [0.25, 0.3) is 5.91 Å². The quantitative estimate of drug-likeness (QED) is 0.736. The molecule has 1 aliphatic rings. The second-order valence-electron chi connectivity index (χ2n) is 6.63. The molecule has 0 atom stereocenters. The van der Waals surface area contributed by atoms with Crippen molar-refractivity contribution in [1.82, 2.24) is 25.6 Å². The zero-order valence-electron chi connectivity index (χ0n) is 14.7. The van der Waals surface area contributed by atoms with Crippen LogP contribution in [0, 0.1) is 6.92 Å². The van der Waals surface area contributed by atoms with Crippen molar-refractivity contribution in [3.63, 3.8) is 0 Å². The molecule has 2 aromatic heterocycles. The molecule has 0 fully saturated rings. The molecule has 134 valence electrons. The van der Waals surface area contributed by atoms with E-state index in [4.69, 9.17) is 4.52 Å². The van der Waals surface area contributed by atoms with Gasteiger partial charge in [-0.15, -0.1) is 0 Å². The van der Waals surface area contributed by atoms with Gasteiger partial charge in [-0.05, 0) is 30.5 Å². The van der Waals surface area contributed by atoms with Crippen LogP contribution in [0.4, 0.5) is 0 Å². The molecule has 0 aliphatic carbocycles. The number of carbonyl (C=O) groups is 1. The van der Waals surface area contributed by atoms with Gasteiger partial charge >= 0.3 is 0 Å². The molecular weight excluding hydrogens is 330 g/mol. The fourth-order valence-corrected chi connectivity index (χ4v) is 3.23. The Morgan fingerprint density at radius 1 is 1.31 bits per heavy atom. The van der Waals surface area contributed by atoms with Crippen LogP contribution in [0.5, 0.6) is 0 Å². The number of nitrogens with one attached hydrogen (secondary N) is 2.